The van der Waals surface area contributed by atoms with Gasteiger partial charge in [-0.15, -0.1) is 0 Å². The third kappa shape index (κ3) is 2.69. The highest BCUT2D eigenvalue weighted by atomic mass is 19.1. The number of carbonyl (C=O) groups excluding carboxylic acids is 1. The van der Waals surface area contributed by atoms with Crippen LogP contribution in [-0.2, 0) is 0 Å². The Kier molecular flexibility index (Phi) is 3.95. The van der Waals surface area contributed by atoms with Crippen molar-refractivity contribution in [1.29, 1.82) is 0 Å². The van der Waals surface area contributed by atoms with Gasteiger partial charge >= 0.3 is 0 Å². The van der Waals surface area contributed by atoms with Crippen LogP contribution < -0.4 is 5.32 Å². The molecule has 2 aliphatic rings. The summed E-state index contributed by atoms with van der Waals surface area (Å²) >= 11 is 0. The van der Waals surface area contributed by atoms with Crippen LogP contribution in [0.1, 0.15) is 39.5 Å². The first kappa shape index (κ1) is 17.3. The number of nitrogens with one attached hydrogen (secondary N) is 1. The Labute approximate surface area is 163 Å². The molecule has 3 unspecified atom stereocenters. The topological polar surface area (TPSA) is 45.0 Å². The van der Waals surface area contributed by atoms with Crippen LogP contribution in [0.15, 0.2) is 36.4 Å². The highest BCUT2D eigenvalue weighted by molar-refractivity contribution is 6.06. The highest BCUT2D eigenvalue weighted by Crippen LogP contribution is 2.42. The maximum atomic E-state index is 14.0. The van der Waals surface area contributed by atoms with Crippen LogP contribution in [0, 0.1) is 19.7 Å². The normalized spacial score (nSPS) is 22.9. The Morgan fingerprint density at radius 1 is 1.18 bits per heavy atom. The molecule has 2 aromatic carbocycles. The Balaban J connectivity index is 1.70. The lowest BCUT2D eigenvalue weighted by molar-refractivity contribution is 0.112. The van der Waals surface area contributed by atoms with Gasteiger partial charge in [-0.25, -0.2) is 9.37 Å². The molecule has 3 heterocycles. The summed E-state index contributed by atoms with van der Waals surface area (Å²) in [5.41, 5.74) is 3.85. The van der Waals surface area contributed by atoms with Gasteiger partial charge in [0.15, 0.2) is 6.29 Å². The van der Waals surface area contributed by atoms with Crippen molar-refractivity contribution in [2.75, 3.05) is 18.4 Å². The number of anilines is 2. The molecule has 1 N–H and O–H groups in total. The number of nitrogens with zero attached hydrogens (tertiary/aromatic N) is 2. The number of aromatic nitrogens is 1. The van der Waals surface area contributed by atoms with E-state index >= 15 is 0 Å². The van der Waals surface area contributed by atoms with Gasteiger partial charge in [-0.3, -0.25) is 9.69 Å². The lowest BCUT2D eigenvalue weighted by atomic mass is 9.92. The quantitative estimate of drug-likeness (QED) is 0.529. The number of aldehydes is 1. The monoisotopic (exact) mass is 375 g/mol. The molecular weight excluding hydrogens is 353 g/mol. The smallest absolute Gasteiger partial charge is 0.152 e. The molecule has 0 amide bonds. The number of aryl methyl sites for hydroxylation is 1. The predicted molar refractivity (Wildman–Crippen MR) is 109 cm³/mol. The molecule has 0 radical (unpaired) electrons. The van der Waals surface area contributed by atoms with Gasteiger partial charge in [-0.05, 0) is 38.0 Å². The first-order chi connectivity index (χ1) is 13.6. The summed E-state index contributed by atoms with van der Waals surface area (Å²) in [5.74, 6) is 0.694. The predicted octanol–water partition coefficient (Wildman–Crippen LogP) is 4.72. The van der Waals surface area contributed by atoms with E-state index in [1.54, 1.807) is 13.0 Å². The van der Waals surface area contributed by atoms with Gasteiger partial charge < -0.3 is 5.32 Å². The van der Waals surface area contributed by atoms with Crippen LogP contribution in [-0.4, -0.2) is 35.3 Å². The summed E-state index contributed by atoms with van der Waals surface area (Å²) in [5, 5.41) is 5.17. The third-order valence-corrected chi connectivity index (χ3v) is 6.17. The fraction of sp³-hybridized carbons (Fsp3) is 0.304. The van der Waals surface area contributed by atoms with Gasteiger partial charge in [0, 0.05) is 52.6 Å². The van der Waals surface area contributed by atoms with Gasteiger partial charge in [0.1, 0.15) is 11.6 Å². The van der Waals surface area contributed by atoms with E-state index in [9.17, 15) is 9.18 Å². The number of piperidine rings is 1. The summed E-state index contributed by atoms with van der Waals surface area (Å²) < 4.78 is 14.0. The van der Waals surface area contributed by atoms with Gasteiger partial charge in [0.05, 0.1) is 5.69 Å². The summed E-state index contributed by atoms with van der Waals surface area (Å²) in [6, 6.07) is 11.6. The molecular formula is C23H22FN3O. The van der Waals surface area contributed by atoms with Crippen molar-refractivity contribution >= 4 is 28.6 Å². The van der Waals surface area contributed by atoms with Crippen molar-refractivity contribution in [1.82, 2.24) is 9.88 Å². The maximum Gasteiger partial charge on any atom is 0.152 e. The van der Waals surface area contributed by atoms with E-state index < -0.39 is 0 Å². The summed E-state index contributed by atoms with van der Waals surface area (Å²) in [7, 11) is 0. The molecule has 2 aliphatic heterocycles. The number of halogens is 1. The largest absolute Gasteiger partial charge is 0.339 e. The van der Waals surface area contributed by atoms with E-state index in [1.165, 1.54) is 6.07 Å². The zero-order valence-electron chi connectivity index (χ0n) is 16.0. The summed E-state index contributed by atoms with van der Waals surface area (Å²) in [6.45, 7) is 5.89. The minimum Gasteiger partial charge on any atom is -0.339 e. The number of benzene rings is 2. The molecule has 0 saturated carbocycles. The Morgan fingerprint density at radius 3 is 2.75 bits per heavy atom. The first-order valence-corrected chi connectivity index (χ1v) is 9.71. The molecule has 0 bridgehead atoms. The fourth-order valence-electron chi connectivity index (χ4n) is 4.54. The zero-order chi connectivity index (χ0) is 19.4. The number of rotatable bonds is 4. The van der Waals surface area contributed by atoms with Crippen molar-refractivity contribution in [2.45, 2.75) is 32.2 Å². The Bertz CT molecular complexity index is 1100. The van der Waals surface area contributed by atoms with Crippen LogP contribution in [0.4, 0.5) is 15.9 Å². The maximum absolute atomic E-state index is 14.0. The number of hydrogen-bond donors (Lipinski definition) is 1. The Hall–Kier alpha value is -2.79. The molecule has 0 spiro atoms. The molecule has 2 fully saturated rings. The molecule has 0 aliphatic carbocycles. The van der Waals surface area contributed by atoms with Crippen molar-refractivity contribution in [2.24, 2.45) is 0 Å². The van der Waals surface area contributed by atoms with Crippen LogP contribution in [0.3, 0.4) is 0 Å². The van der Waals surface area contributed by atoms with Crippen molar-refractivity contribution < 1.29 is 9.18 Å². The average molecular weight is 375 g/mol. The number of fused-ring (bicyclic) bond motifs is 2. The zero-order valence-corrected chi connectivity index (χ0v) is 16.0. The number of pyridine rings is 1. The lowest BCUT2D eigenvalue weighted by Crippen LogP contribution is -2.13. The third-order valence-electron chi connectivity index (χ3n) is 6.17. The minimum absolute atomic E-state index is 0.251. The second-order valence-electron chi connectivity index (χ2n) is 7.95. The van der Waals surface area contributed by atoms with Crippen LogP contribution in [0.5, 0.6) is 0 Å². The molecule has 3 atom stereocenters. The van der Waals surface area contributed by atoms with Gasteiger partial charge in [-0.1, -0.05) is 24.3 Å². The fourth-order valence-corrected chi connectivity index (χ4v) is 4.54. The van der Waals surface area contributed by atoms with Crippen LogP contribution in [0.2, 0.25) is 0 Å². The van der Waals surface area contributed by atoms with Crippen LogP contribution >= 0.6 is 0 Å². The average Bonchev–Trinajstić information content (AvgIpc) is 3.30. The highest BCUT2D eigenvalue weighted by Gasteiger charge is 2.45. The molecule has 1 aromatic heterocycles. The standard InChI is InChI=1S/C23H22FN3O/c1-13-5-3-6-17-21(13)18(12-28)22(15-9-16-11-27(16)10-15)26-23(17)25-20-8-4-7-19(24)14(20)2/h3-8,12,15-16H,9-11H2,1-2H3,(H,25,26). The summed E-state index contributed by atoms with van der Waals surface area (Å²) in [6.07, 6.45) is 2.00. The van der Waals surface area contributed by atoms with E-state index in [1.807, 2.05) is 31.2 Å². The SMILES string of the molecule is Cc1c(F)cccc1Nc1nc(C2CC3CN3C2)c(C=O)c2c(C)cccc12. The molecule has 3 aromatic rings. The van der Waals surface area contributed by atoms with Crippen molar-refractivity contribution in [3.8, 4) is 0 Å². The molecule has 28 heavy (non-hydrogen) atoms. The number of hydrogen-bond acceptors (Lipinski definition) is 4. The van der Waals surface area contributed by atoms with E-state index in [0.29, 0.717) is 28.7 Å². The van der Waals surface area contributed by atoms with Crippen molar-refractivity contribution in [3.05, 3.63) is 64.6 Å². The molecule has 5 heteroatoms. The van der Waals surface area contributed by atoms with Crippen LogP contribution in [0.25, 0.3) is 10.8 Å². The number of carbonyl (C=O) groups is 1. The van der Waals surface area contributed by atoms with Gasteiger partial charge in [-0.2, -0.15) is 0 Å². The molecule has 5 rings (SSSR count). The molecule has 142 valence electrons. The van der Waals surface area contributed by atoms with E-state index in [4.69, 9.17) is 4.98 Å². The molecule has 2 saturated heterocycles. The minimum atomic E-state index is -0.251. The van der Waals surface area contributed by atoms with Gasteiger partial charge in [0.2, 0.25) is 0 Å². The summed E-state index contributed by atoms with van der Waals surface area (Å²) in [4.78, 5) is 19.4. The van der Waals surface area contributed by atoms with E-state index in [-0.39, 0.29) is 11.7 Å². The van der Waals surface area contributed by atoms with Crippen molar-refractivity contribution in [3.63, 3.8) is 0 Å². The van der Waals surface area contributed by atoms with E-state index in [2.05, 4.69) is 10.2 Å². The second-order valence-corrected chi connectivity index (χ2v) is 7.95. The van der Waals surface area contributed by atoms with E-state index in [0.717, 1.165) is 47.8 Å². The lowest BCUT2D eigenvalue weighted by Gasteiger charge is -2.20. The van der Waals surface area contributed by atoms with Gasteiger partial charge in [0.25, 0.3) is 0 Å². The Morgan fingerprint density at radius 2 is 2.00 bits per heavy atom. The second kappa shape index (κ2) is 6.38. The molecule has 4 nitrogen and oxygen atoms in total. The first-order valence-electron chi connectivity index (χ1n) is 9.71.